The van der Waals surface area contributed by atoms with Gasteiger partial charge < -0.3 is 10.2 Å². The third-order valence-corrected chi connectivity index (χ3v) is 3.81. The highest BCUT2D eigenvalue weighted by Gasteiger charge is 2.15. The van der Waals surface area contributed by atoms with E-state index in [1.165, 1.54) is 12.3 Å². The highest BCUT2D eigenvalue weighted by Crippen LogP contribution is 2.24. The quantitative estimate of drug-likeness (QED) is 0.774. The van der Waals surface area contributed by atoms with Gasteiger partial charge in [0.25, 0.3) is 0 Å². The number of anilines is 1. The van der Waals surface area contributed by atoms with E-state index in [0.29, 0.717) is 11.2 Å². The summed E-state index contributed by atoms with van der Waals surface area (Å²) in [7, 11) is 0. The van der Waals surface area contributed by atoms with Crippen LogP contribution in [0.2, 0.25) is 0 Å². The standard InChI is InChI=1S/C15H15FN6/c16-12-7-11(8-18-9-12)13-10-19-22-4-1-14(20-15(13)22)21-5-2-17-3-6-21/h1,4,7-10,17H,2-3,5-6H2. The Morgan fingerprint density at radius 1 is 1.14 bits per heavy atom. The number of piperazine rings is 1. The van der Waals surface area contributed by atoms with Crippen molar-refractivity contribution in [1.29, 1.82) is 0 Å². The summed E-state index contributed by atoms with van der Waals surface area (Å²) in [4.78, 5) is 10.8. The summed E-state index contributed by atoms with van der Waals surface area (Å²) in [5.74, 6) is 0.551. The molecule has 3 aromatic rings. The number of halogens is 1. The second-order valence-electron chi connectivity index (χ2n) is 5.24. The molecule has 4 rings (SSSR count). The van der Waals surface area contributed by atoms with E-state index in [1.807, 2.05) is 12.3 Å². The summed E-state index contributed by atoms with van der Waals surface area (Å²) >= 11 is 0. The molecule has 0 aromatic carbocycles. The predicted molar refractivity (Wildman–Crippen MR) is 81.3 cm³/mol. The molecule has 0 amide bonds. The van der Waals surface area contributed by atoms with E-state index in [1.54, 1.807) is 16.9 Å². The first kappa shape index (κ1) is 13.1. The molecule has 22 heavy (non-hydrogen) atoms. The molecule has 3 aromatic heterocycles. The molecule has 0 saturated carbocycles. The van der Waals surface area contributed by atoms with Crippen molar-refractivity contribution < 1.29 is 4.39 Å². The van der Waals surface area contributed by atoms with Gasteiger partial charge in [-0.3, -0.25) is 4.98 Å². The minimum absolute atomic E-state index is 0.366. The van der Waals surface area contributed by atoms with E-state index in [2.05, 4.69) is 20.3 Å². The van der Waals surface area contributed by atoms with Gasteiger partial charge in [0.2, 0.25) is 0 Å². The monoisotopic (exact) mass is 298 g/mol. The Bertz CT molecular complexity index is 809. The number of pyridine rings is 1. The second kappa shape index (κ2) is 5.34. The number of fused-ring (bicyclic) bond motifs is 1. The van der Waals surface area contributed by atoms with Gasteiger partial charge in [-0.25, -0.2) is 13.9 Å². The molecule has 0 radical (unpaired) electrons. The normalized spacial score (nSPS) is 15.4. The van der Waals surface area contributed by atoms with Crippen LogP contribution in [-0.4, -0.2) is 45.8 Å². The predicted octanol–water partition coefficient (Wildman–Crippen LogP) is 1.34. The summed E-state index contributed by atoms with van der Waals surface area (Å²) in [6.07, 6.45) is 6.39. The Hall–Kier alpha value is -2.54. The van der Waals surface area contributed by atoms with E-state index in [-0.39, 0.29) is 5.82 Å². The third kappa shape index (κ3) is 2.29. The van der Waals surface area contributed by atoms with Crippen LogP contribution in [0.1, 0.15) is 0 Å². The lowest BCUT2D eigenvalue weighted by atomic mass is 10.1. The maximum absolute atomic E-state index is 13.4. The topological polar surface area (TPSA) is 58.4 Å². The Morgan fingerprint density at radius 2 is 2.00 bits per heavy atom. The fourth-order valence-electron chi connectivity index (χ4n) is 2.69. The molecule has 1 fully saturated rings. The summed E-state index contributed by atoms with van der Waals surface area (Å²) in [6.45, 7) is 3.75. The summed E-state index contributed by atoms with van der Waals surface area (Å²) < 4.78 is 15.1. The number of nitrogens with one attached hydrogen (secondary N) is 1. The number of hydrogen-bond acceptors (Lipinski definition) is 5. The molecule has 0 atom stereocenters. The Labute approximate surface area is 126 Å². The SMILES string of the molecule is Fc1cncc(-c2cnn3ccc(N4CCNCC4)nc23)c1. The number of hydrogen-bond donors (Lipinski definition) is 1. The van der Waals surface area contributed by atoms with E-state index in [4.69, 9.17) is 4.98 Å². The zero-order valence-corrected chi connectivity index (χ0v) is 11.9. The van der Waals surface area contributed by atoms with Gasteiger partial charge in [0.1, 0.15) is 11.6 Å². The molecule has 0 bridgehead atoms. The van der Waals surface area contributed by atoms with Crippen LogP contribution >= 0.6 is 0 Å². The Kier molecular flexibility index (Phi) is 3.19. The van der Waals surface area contributed by atoms with Crippen LogP contribution in [0.15, 0.2) is 36.9 Å². The molecule has 7 heteroatoms. The lowest BCUT2D eigenvalue weighted by Crippen LogP contribution is -2.43. The van der Waals surface area contributed by atoms with Gasteiger partial charge in [-0.05, 0) is 12.1 Å². The largest absolute Gasteiger partial charge is 0.354 e. The first-order chi connectivity index (χ1) is 10.8. The van der Waals surface area contributed by atoms with Gasteiger partial charge in [-0.1, -0.05) is 0 Å². The van der Waals surface area contributed by atoms with Crippen LogP contribution < -0.4 is 10.2 Å². The first-order valence-electron chi connectivity index (χ1n) is 7.22. The second-order valence-corrected chi connectivity index (χ2v) is 5.24. The summed E-state index contributed by atoms with van der Waals surface area (Å²) in [5.41, 5.74) is 2.17. The van der Waals surface area contributed by atoms with Crippen molar-refractivity contribution in [3.8, 4) is 11.1 Å². The zero-order valence-electron chi connectivity index (χ0n) is 11.9. The van der Waals surface area contributed by atoms with E-state index in [0.717, 1.165) is 37.6 Å². The van der Waals surface area contributed by atoms with Crippen molar-refractivity contribution in [2.24, 2.45) is 0 Å². The van der Waals surface area contributed by atoms with Gasteiger partial charge in [-0.15, -0.1) is 0 Å². The van der Waals surface area contributed by atoms with Crippen molar-refractivity contribution in [2.45, 2.75) is 0 Å². The van der Waals surface area contributed by atoms with Crippen molar-refractivity contribution in [1.82, 2.24) is 24.9 Å². The highest BCUT2D eigenvalue weighted by molar-refractivity contribution is 5.77. The fourth-order valence-corrected chi connectivity index (χ4v) is 2.69. The van der Waals surface area contributed by atoms with Crippen LogP contribution in [0.3, 0.4) is 0 Å². The van der Waals surface area contributed by atoms with Gasteiger partial charge in [-0.2, -0.15) is 5.10 Å². The molecular formula is C15H15FN6. The van der Waals surface area contributed by atoms with Crippen LogP contribution in [0, 0.1) is 5.82 Å². The highest BCUT2D eigenvalue weighted by atomic mass is 19.1. The van der Waals surface area contributed by atoms with Gasteiger partial charge in [0, 0.05) is 49.7 Å². The summed E-state index contributed by atoms with van der Waals surface area (Å²) in [6, 6.07) is 3.40. The minimum Gasteiger partial charge on any atom is -0.354 e. The molecule has 6 nitrogen and oxygen atoms in total. The molecule has 1 N–H and O–H groups in total. The molecular weight excluding hydrogens is 283 g/mol. The molecule has 1 saturated heterocycles. The smallest absolute Gasteiger partial charge is 0.165 e. The maximum Gasteiger partial charge on any atom is 0.165 e. The van der Waals surface area contributed by atoms with E-state index >= 15 is 0 Å². The van der Waals surface area contributed by atoms with Crippen LogP contribution in [0.4, 0.5) is 10.2 Å². The Morgan fingerprint density at radius 3 is 2.82 bits per heavy atom. The van der Waals surface area contributed by atoms with Gasteiger partial charge in [0.15, 0.2) is 5.65 Å². The number of aromatic nitrogens is 4. The molecule has 4 heterocycles. The van der Waals surface area contributed by atoms with E-state index < -0.39 is 0 Å². The van der Waals surface area contributed by atoms with Crippen LogP contribution in [-0.2, 0) is 0 Å². The average Bonchev–Trinajstić information content (AvgIpc) is 2.99. The molecule has 1 aliphatic rings. The minimum atomic E-state index is -0.366. The molecule has 112 valence electrons. The van der Waals surface area contributed by atoms with E-state index in [9.17, 15) is 4.39 Å². The lowest BCUT2D eigenvalue weighted by Gasteiger charge is -2.28. The summed E-state index contributed by atoms with van der Waals surface area (Å²) in [5, 5.41) is 7.61. The molecule has 0 unspecified atom stereocenters. The van der Waals surface area contributed by atoms with Crippen molar-refractivity contribution in [3.63, 3.8) is 0 Å². The number of nitrogens with zero attached hydrogens (tertiary/aromatic N) is 5. The zero-order chi connectivity index (χ0) is 14.9. The Balaban J connectivity index is 1.79. The first-order valence-corrected chi connectivity index (χ1v) is 7.22. The van der Waals surface area contributed by atoms with Crippen LogP contribution in [0.5, 0.6) is 0 Å². The van der Waals surface area contributed by atoms with Crippen molar-refractivity contribution in [2.75, 3.05) is 31.1 Å². The third-order valence-electron chi connectivity index (χ3n) is 3.81. The fraction of sp³-hybridized carbons (Fsp3) is 0.267. The van der Waals surface area contributed by atoms with Crippen molar-refractivity contribution >= 4 is 11.5 Å². The average molecular weight is 298 g/mol. The molecule has 0 spiro atoms. The maximum atomic E-state index is 13.4. The van der Waals surface area contributed by atoms with Crippen LogP contribution in [0.25, 0.3) is 16.8 Å². The van der Waals surface area contributed by atoms with Gasteiger partial charge >= 0.3 is 0 Å². The molecule has 1 aliphatic heterocycles. The lowest BCUT2D eigenvalue weighted by molar-refractivity contribution is 0.585. The molecule has 0 aliphatic carbocycles. The number of rotatable bonds is 2. The van der Waals surface area contributed by atoms with Gasteiger partial charge in [0.05, 0.1) is 12.4 Å². The van der Waals surface area contributed by atoms with Crippen molar-refractivity contribution in [3.05, 3.63) is 42.7 Å².